The van der Waals surface area contributed by atoms with Crippen LogP contribution in [0.1, 0.15) is 0 Å². The van der Waals surface area contributed by atoms with Gasteiger partial charge < -0.3 is 20.9 Å². The van der Waals surface area contributed by atoms with Crippen LogP contribution in [0.5, 0.6) is 11.5 Å². The number of hydrogen-bond acceptors (Lipinski definition) is 6. The highest BCUT2D eigenvalue weighted by Crippen LogP contribution is 2.40. The molecule has 11 heteroatoms. The molecule has 0 amide bonds. The maximum atomic E-state index is 13.1. The van der Waals surface area contributed by atoms with Crippen molar-refractivity contribution in [3.05, 3.63) is 42.2 Å². The molecule has 0 aliphatic carbocycles. The summed E-state index contributed by atoms with van der Waals surface area (Å²) in [5.41, 5.74) is 10.9. The number of benzene rings is 2. The van der Waals surface area contributed by atoms with E-state index in [4.69, 9.17) is 20.9 Å². The first kappa shape index (κ1) is 23.1. The van der Waals surface area contributed by atoms with Crippen LogP contribution >= 0.6 is 63.7 Å². The maximum Gasteiger partial charge on any atom is 0.206 e. The molecule has 0 fully saturated rings. The predicted octanol–water partition coefficient (Wildman–Crippen LogP) is 4.24. The van der Waals surface area contributed by atoms with Crippen LogP contribution in [-0.4, -0.2) is 34.7 Å². The van der Waals surface area contributed by atoms with E-state index in [-0.39, 0.29) is 9.79 Å². The minimum Gasteiger partial charge on any atom is -0.490 e. The smallest absolute Gasteiger partial charge is 0.206 e. The third kappa shape index (κ3) is 5.46. The molecule has 0 radical (unpaired) electrons. The van der Waals surface area contributed by atoms with Gasteiger partial charge in [0, 0.05) is 13.1 Å². The van der Waals surface area contributed by atoms with E-state index in [0.717, 1.165) is 0 Å². The summed E-state index contributed by atoms with van der Waals surface area (Å²) < 4.78 is 39.2. The first-order valence-electron chi connectivity index (χ1n) is 7.61. The second kappa shape index (κ2) is 10.0. The Morgan fingerprint density at radius 2 is 1.00 bits per heavy atom. The summed E-state index contributed by atoms with van der Waals surface area (Å²) in [7, 11) is -3.78. The molecule has 0 aliphatic heterocycles. The Bertz CT molecular complexity index is 823. The molecule has 0 aromatic heterocycles. The molecule has 0 aliphatic rings. The molecule has 2 rings (SSSR count). The predicted molar refractivity (Wildman–Crippen MR) is 118 cm³/mol. The van der Waals surface area contributed by atoms with Gasteiger partial charge in [-0.15, -0.1) is 0 Å². The van der Waals surface area contributed by atoms with E-state index in [2.05, 4.69) is 63.7 Å². The van der Waals surface area contributed by atoms with Crippen LogP contribution in [0.3, 0.4) is 0 Å². The van der Waals surface area contributed by atoms with Crippen LogP contribution in [0.15, 0.2) is 51.9 Å². The molecular formula is C16H16Br4N2O4S. The molecule has 0 saturated carbocycles. The third-order valence-corrected chi connectivity index (χ3v) is 7.36. The molecule has 2 aromatic rings. The largest absolute Gasteiger partial charge is 0.490 e. The molecule has 0 atom stereocenters. The highest BCUT2D eigenvalue weighted by atomic mass is 79.9. The topological polar surface area (TPSA) is 105 Å². The van der Waals surface area contributed by atoms with Crippen molar-refractivity contribution in [3.8, 4) is 11.5 Å². The number of hydrogen-bond donors (Lipinski definition) is 2. The summed E-state index contributed by atoms with van der Waals surface area (Å²) in [6.45, 7) is 1.32. The van der Waals surface area contributed by atoms with Gasteiger partial charge in [0.2, 0.25) is 9.84 Å². The molecule has 6 nitrogen and oxygen atoms in total. The summed E-state index contributed by atoms with van der Waals surface area (Å²) in [6.07, 6.45) is 0. The van der Waals surface area contributed by atoms with Crippen LogP contribution in [0.4, 0.5) is 0 Å². The van der Waals surface area contributed by atoms with Gasteiger partial charge in [0.1, 0.15) is 24.7 Å². The number of halogens is 4. The lowest BCUT2D eigenvalue weighted by atomic mass is 10.3. The first-order valence-corrected chi connectivity index (χ1v) is 12.3. The Labute approximate surface area is 191 Å². The van der Waals surface area contributed by atoms with Gasteiger partial charge in [-0.3, -0.25) is 0 Å². The SMILES string of the molecule is NCCOc1c(Br)cc(S(=O)(=O)c2cc(Br)c(OCCN)c(Br)c2)cc1Br. The second-order valence-electron chi connectivity index (χ2n) is 5.21. The molecule has 2 aromatic carbocycles. The zero-order chi connectivity index (χ0) is 20.2. The Hall–Kier alpha value is -0.170. The average molecular weight is 652 g/mol. The normalized spacial score (nSPS) is 11.5. The number of rotatable bonds is 8. The van der Waals surface area contributed by atoms with Gasteiger partial charge in [-0.2, -0.15) is 0 Å². The fourth-order valence-corrected chi connectivity index (χ4v) is 6.92. The molecule has 148 valence electrons. The van der Waals surface area contributed by atoms with Crippen molar-refractivity contribution in [2.45, 2.75) is 9.79 Å². The summed E-state index contributed by atoms with van der Waals surface area (Å²) in [5, 5.41) is 0. The third-order valence-electron chi connectivity index (χ3n) is 3.29. The van der Waals surface area contributed by atoms with E-state index < -0.39 is 9.84 Å². The Morgan fingerprint density at radius 3 is 1.26 bits per heavy atom. The van der Waals surface area contributed by atoms with Gasteiger partial charge in [0.15, 0.2) is 0 Å². The van der Waals surface area contributed by atoms with Crippen LogP contribution in [0.2, 0.25) is 0 Å². The van der Waals surface area contributed by atoms with Crippen molar-refractivity contribution in [3.63, 3.8) is 0 Å². The van der Waals surface area contributed by atoms with E-state index in [0.29, 0.717) is 55.7 Å². The lowest BCUT2D eigenvalue weighted by molar-refractivity contribution is 0.324. The average Bonchev–Trinajstić information content (AvgIpc) is 2.60. The summed E-state index contributed by atoms with van der Waals surface area (Å²) in [6, 6.07) is 5.97. The van der Waals surface area contributed by atoms with Crippen LogP contribution in [0, 0.1) is 0 Å². The van der Waals surface area contributed by atoms with E-state index in [9.17, 15) is 8.42 Å². The molecular weight excluding hydrogens is 636 g/mol. The molecule has 0 spiro atoms. The van der Waals surface area contributed by atoms with Gasteiger partial charge in [-0.1, -0.05) is 0 Å². The molecule has 4 N–H and O–H groups in total. The zero-order valence-electron chi connectivity index (χ0n) is 13.8. The lowest BCUT2D eigenvalue weighted by Crippen LogP contribution is -2.12. The van der Waals surface area contributed by atoms with Crippen molar-refractivity contribution in [1.29, 1.82) is 0 Å². The molecule has 0 saturated heterocycles. The number of nitrogens with two attached hydrogens (primary N) is 2. The van der Waals surface area contributed by atoms with Gasteiger partial charge in [-0.05, 0) is 88.0 Å². The van der Waals surface area contributed by atoms with Crippen LogP contribution in [0.25, 0.3) is 0 Å². The van der Waals surface area contributed by atoms with E-state index >= 15 is 0 Å². The van der Waals surface area contributed by atoms with Crippen LogP contribution in [-0.2, 0) is 9.84 Å². The van der Waals surface area contributed by atoms with Crippen molar-refractivity contribution < 1.29 is 17.9 Å². The van der Waals surface area contributed by atoms with Crippen molar-refractivity contribution in [2.75, 3.05) is 26.3 Å². The Kier molecular flexibility index (Phi) is 8.59. The van der Waals surface area contributed by atoms with Crippen LogP contribution < -0.4 is 20.9 Å². The number of sulfone groups is 1. The summed E-state index contributed by atoms with van der Waals surface area (Å²) in [4.78, 5) is 0.214. The highest BCUT2D eigenvalue weighted by Gasteiger charge is 2.23. The molecule has 0 heterocycles. The van der Waals surface area contributed by atoms with Gasteiger partial charge in [-0.25, -0.2) is 8.42 Å². The quantitative estimate of drug-likeness (QED) is 0.443. The second-order valence-corrected chi connectivity index (χ2v) is 10.6. The standard InChI is InChI=1S/C16H16Br4N2O4S/c17-11-5-9(6-12(18)15(11)25-3-1-21)27(23,24)10-7-13(19)16(14(20)8-10)26-4-2-22/h5-8H,1-4,21-22H2. The van der Waals surface area contributed by atoms with Crippen molar-refractivity contribution >= 4 is 73.6 Å². The van der Waals surface area contributed by atoms with Gasteiger partial charge in [0.25, 0.3) is 0 Å². The minimum atomic E-state index is -3.78. The fraction of sp³-hybridized carbons (Fsp3) is 0.250. The monoisotopic (exact) mass is 648 g/mol. The van der Waals surface area contributed by atoms with Gasteiger partial charge >= 0.3 is 0 Å². The van der Waals surface area contributed by atoms with E-state index in [1.165, 1.54) is 24.3 Å². The fourth-order valence-electron chi connectivity index (χ4n) is 2.12. The molecule has 0 unspecified atom stereocenters. The van der Waals surface area contributed by atoms with Crippen molar-refractivity contribution in [2.24, 2.45) is 11.5 Å². The Morgan fingerprint density at radius 1 is 0.704 bits per heavy atom. The zero-order valence-corrected chi connectivity index (χ0v) is 21.0. The summed E-state index contributed by atoms with van der Waals surface area (Å²) >= 11 is 13.4. The van der Waals surface area contributed by atoms with E-state index in [1.54, 1.807) is 0 Å². The van der Waals surface area contributed by atoms with Crippen molar-refractivity contribution in [1.82, 2.24) is 0 Å². The highest BCUT2D eigenvalue weighted by molar-refractivity contribution is 9.11. The van der Waals surface area contributed by atoms with Gasteiger partial charge in [0.05, 0.1) is 27.7 Å². The van der Waals surface area contributed by atoms with E-state index in [1.807, 2.05) is 0 Å². The molecule has 0 bridgehead atoms. The lowest BCUT2D eigenvalue weighted by Gasteiger charge is -2.14. The maximum absolute atomic E-state index is 13.1. The first-order chi connectivity index (χ1) is 12.7. The number of ether oxygens (including phenoxy) is 2. The Balaban J connectivity index is 2.47. The minimum absolute atomic E-state index is 0.107. The molecule has 27 heavy (non-hydrogen) atoms. The summed E-state index contributed by atoms with van der Waals surface area (Å²) in [5.74, 6) is 0.986.